The van der Waals surface area contributed by atoms with E-state index in [1.165, 1.54) is 11.1 Å². The van der Waals surface area contributed by atoms with Gasteiger partial charge in [0.2, 0.25) is 0 Å². The predicted octanol–water partition coefficient (Wildman–Crippen LogP) is 2.89. The first-order chi connectivity index (χ1) is 6.75. The van der Waals surface area contributed by atoms with E-state index in [1.807, 2.05) is 22.9 Å². The number of nitrogens with zero attached hydrogens (tertiary/aromatic N) is 2. The summed E-state index contributed by atoms with van der Waals surface area (Å²) in [7, 11) is 0. The highest BCUT2D eigenvalue weighted by Crippen LogP contribution is 2.10. The SMILES string of the molecule is Cc1ccccc1Cn1cnc(Cl)c1. The van der Waals surface area contributed by atoms with E-state index in [-0.39, 0.29) is 0 Å². The number of hydrogen-bond donors (Lipinski definition) is 0. The first-order valence-corrected chi connectivity index (χ1v) is 4.85. The average Bonchev–Trinajstić information content (AvgIpc) is 2.56. The summed E-state index contributed by atoms with van der Waals surface area (Å²) in [6.07, 6.45) is 3.57. The van der Waals surface area contributed by atoms with Crippen LogP contribution in [-0.2, 0) is 6.54 Å². The fourth-order valence-corrected chi connectivity index (χ4v) is 1.57. The summed E-state index contributed by atoms with van der Waals surface area (Å²) in [6, 6.07) is 8.30. The molecule has 0 amide bonds. The second kappa shape index (κ2) is 3.84. The van der Waals surface area contributed by atoms with Gasteiger partial charge >= 0.3 is 0 Å². The van der Waals surface area contributed by atoms with Crippen molar-refractivity contribution in [3.63, 3.8) is 0 Å². The van der Waals surface area contributed by atoms with Gasteiger partial charge in [-0.1, -0.05) is 35.9 Å². The van der Waals surface area contributed by atoms with Crippen molar-refractivity contribution in [1.82, 2.24) is 9.55 Å². The van der Waals surface area contributed by atoms with Crippen LogP contribution in [0.2, 0.25) is 5.15 Å². The van der Waals surface area contributed by atoms with Crippen LogP contribution in [0.5, 0.6) is 0 Å². The number of hydrogen-bond acceptors (Lipinski definition) is 1. The molecule has 14 heavy (non-hydrogen) atoms. The van der Waals surface area contributed by atoms with Gasteiger partial charge in [0, 0.05) is 12.7 Å². The van der Waals surface area contributed by atoms with Crippen molar-refractivity contribution in [3.05, 3.63) is 53.1 Å². The molecule has 0 saturated carbocycles. The highest BCUT2D eigenvalue weighted by Gasteiger charge is 1.99. The van der Waals surface area contributed by atoms with Crippen LogP contribution in [0.3, 0.4) is 0 Å². The first kappa shape index (κ1) is 9.28. The van der Waals surface area contributed by atoms with Gasteiger partial charge in [0.1, 0.15) is 5.15 Å². The number of imidazole rings is 1. The van der Waals surface area contributed by atoms with Crippen LogP contribution in [0.25, 0.3) is 0 Å². The standard InChI is InChI=1S/C11H11ClN2/c1-9-4-2-3-5-10(9)6-14-7-11(12)13-8-14/h2-5,7-8H,6H2,1H3. The van der Waals surface area contributed by atoms with E-state index in [0.29, 0.717) is 5.15 Å². The molecule has 0 unspecified atom stereocenters. The lowest BCUT2D eigenvalue weighted by Gasteiger charge is -2.05. The summed E-state index contributed by atoms with van der Waals surface area (Å²) in [4.78, 5) is 3.97. The van der Waals surface area contributed by atoms with Crippen LogP contribution in [0.15, 0.2) is 36.8 Å². The Morgan fingerprint density at radius 1 is 1.36 bits per heavy atom. The average molecular weight is 207 g/mol. The molecular formula is C11H11ClN2. The smallest absolute Gasteiger partial charge is 0.146 e. The third-order valence-electron chi connectivity index (χ3n) is 2.22. The van der Waals surface area contributed by atoms with Gasteiger partial charge in [-0.3, -0.25) is 0 Å². The van der Waals surface area contributed by atoms with Crippen molar-refractivity contribution >= 4 is 11.6 Å². The van der Waals surface area contributed by atoms with Crippen molar-refractivity contribution in [3.8, 4) is 0 Å². The summed E-state index contributed by atoms with van der Waals surface area (Å²) in [5.41, 5.74) is 2.58. The maximum absolute atomic E-state index is 5.73. The molecule has 1 heterocycles. The Morgan fingerprint density at radius 3 is 2.79 bits per heavy atom. The molecule has 0 N–H and O–H groups in total. The Hall–Kier alpha value is -1.28. The van der Waals surface area contributed by atoms with E-state index in [9.17, 15) is 0 Å². The largest absolute Gasteiger partial charge is 0.331 e. The number of halogens is 1. The number of rotatable bonds is 2. The van der Waals surface area contributed by atoms with Crippen LogP contribution in [0.4, 0.5) is 0 Å². The fraction of sp³-hybridized carbons (Fsp3) is 0.182. The zero-order chi connectivity index (χ0) is 9.97. The van der Waals surface area contributed by atoms with E-state index < -0.39 is 0 Å². The minimum atomic E-state index is 0.540. The minimum Gasteiger partial charge on any atom is -0.331 e. The van der Waals surface area contributed by atoms with Gasteiger partial charge in [0.15, 0.2) is 0 Å². The molecule has 72 valence electrons. The van der Waals surface area contributed by atoms with Crippen molar-refractivity contribution in [2.45, 2.75) is 13.5 Å². The molecule has 1 aromatic heterocycles. The van der Waals surface area contributed by atoms with Crippen LogP contribution in [0.1, 0.15) is 11.1 Å². The molecule has 3 heteroatoms. The Morgan fingerprint density at radius 2 is 2.14 bits per heavy atom. The van der Waals surface area contributed by atoms with Gasteiger partial charge < -0.3 is 4.57 Å². The van der Waals surface area contributed by atoms with Gasteiger partial charge in [-0.15, -0.1) is 0 Å². The van der Waals surface area contributed by atoms with E-state index in [2.05, 4.69) is 24.0 Å². The lowest BCUT2D eigenvalue weighted by molar-refractivity contribution is 0.792. The van der Waals surface area contributed by atoms with E-state index >= 15 is 0 Å². The monoisotopic (exact) mass is 206 g/mol. The quantitative estimate of drug-likeness (QED) is 0.739. The Kier molecular flexibility index (Phi) is 2.55. The van der Waals surface area contributed by atoms with Gasteiger partial charge in [0.05, 0.1) is 6.33 Å². The molecule has 0 atom stereocenters. The third-order valence-corrected chi connectivity index (χ3v) is 2.41. The van der Waals surface area contributed by atoms with Gasteiger partial charge in [0.25, 0.3) is 0 Å². The van der Waals surface area contributed by atoms with Gasteiger partial charge in [-0.25, -0.2) is 4.98 Å². The minimum absolute atomic E-state index is 0.540. The summed E-state index contributed by atoms with van der Waals surface area (Å²) in [6.45, 7) is 2.93. The van der Waals surface area contributed by atoms with Crippen molar-refractivity contribution in [2.24, 2.45) is 0 Å². The molecule has 2 rings (SSSR count). The van der Waals surface area contributed by atoms with Crippen molar-refractivity contribution in [2.75, 3.05) is 0 Å². The lowest BCUT2D eigenvalue weighted by Crippen LogP contribution is -1.98. The van der Waals surface area contributed by atoms with E-state index in [1.54, 1.807) is 6.33 Å². The number of aromatic nitrogens is 2. The van der Waals surface area contributed by atoms with Crippen molar-refractivity contribution < 1.29 is 0 Å². The molecule has 0 radical (unpaired) electrons. The van der Waals surface area contributed by atoms with E-state index in [4.69, 9.17) is 11.6 Å². The molecule has 0 fully saturated rings. The molecule has 1 aromatic carbocycles. The van der Waals surface area contributed by atoms with E-state index in [0.717, 1.165) is 6.54 Å². The summed E-state index contributed by atoms with van der Waals surface area (Å²) in [5.74, 6) is 0. The van der Waals surface area contributed by atoms with Gasteiger partial charge in [-0.05, 0) is 18.1 Å². The molecule has 0 spiro atoms. The van der Waals surface area contributed by atoms with Crippen LogP contribution < -0.4 is 0 Å². The molecule has 0 bridgehead atoms. The molecule has 2 nitrogen and oxygen atoms in total. The molecule has 0 aliphatic carbocycles. The predicted molar refractivity (Wildman–Crippen MR) is 57.5 cm³/mol. The van der Waals surface area contributed by atoms with Gasteiger partial charge in [-0.2, -0.15) is 0 Å². The van der Waals surface area contributed by atoms with Crippen molar-refractivity contribution in [1.29, 1.82) is 0 Å². The Labute approximate surface area is 88.2 Å². The van der Waals surface area contributed by atoms with Crippen LogP contribution >= 0.6 is 11.6 Å². The third kappa shape index (κ3) is 1.96. The second-order valence-corrected chi connectivity index (χ2v) is 3.68. The Balaban J connectivity index is 2.23. The zero-order valence-electron chi connectivity index (χ0n) is 7.94. The molecular weight excluding hydrogens is 196 g/mol. The van der Waals surface area contributed by atoms with Crippen LogP contribution in [0, 0.1) is 6.92 Å². The highest BCUT2D eigenvalue weighted by molar-refractivity contribution is 6.29. The maximum Gasteiger partial charge on any atom is 0.146 e. The highest BCUT2D eigenvalue weighted by atomic mass is 35.5. The molecule has 0 aliphatic rings. The number of benzene rings is 1. The first-order valence-electron chi connectivity index (χ1n) is 4.47. The fourth-order valence-electron chi connectivity index (χ4n) is 1.40. The summed E-state index contributed by atoms with van der Waals surface area (Å²) in [5, 5.41) is 0.540. The Bertz CT molecular complexity index is 434. The normalized spacial score (nSPS) is 10.4. The summed E-state index contributed by atoms with van der Waals surface area (Å²) < 4.78 is 1.98. The molecule has 2 aromatic rings. The number of aryl methyl sites for hydroxylation is 1. The second-order valence-electron chi connectivity index (χ2n) is 3.30. The molecule has 0 saturated heterocycles. The molecule has 0 aliphatic heterocycles. The van der Waals surface area contributed by atoms with Crippen LogP contribution in [-0.4, -0.2) is 9.55 Å². The lowest BCUT2D eigenvalue weighted by atomic mass is 10.1. The zero-order valence-corrected chi connectivity index (χ0v) is 8.70. The maximum atomic E-state index is 5.73. The topological polar surface area (TPSA) is 17.8 Å². The summed E-state index contributed by atoms with van der Waals surface area (Å²) >= 11 is 5.73.